The number of nitrogens with two attached hydrogens (primary N) is 1. The molecule has 2 N–H and O–H groups in total. The lowest BCUT2D eigenvalue weighted by Crippen LogP contribution is -2.21. The molecule has 5 nitrogen and oxygen atoms in total. The van der Waals surface area contributed by atoms with Crippen LogP contribution in [0.25, 0.3) is 11.4 Å². The van der Waals surface area contributed by atoms with E-state index in [1.54, 1.807) is 16.1 Å². The van der Waals surface area contributed by atoms with Gasteiger partial charge in [-0.3, -0.25) is 0 Å². The van der Waals surface area contributed by atoms with Crippen molar-refractivity contribution in [1.82, 2.24) is 20.2 Å². The van der Waals surface area contributed by atoms with Gasteiger partial charge in [0.25, 0.3) is 0 Å². The number of nitrogens with zero attached hydrogens (tertiary/aromatic N) is 4. The quantitative estimate of drug-likeness (QED) is 0.798. The molecule has 1 unspecified atom stereocenters. The van der Waals surface area contributed by atoms with Crippen LogP contribution in [-0.4, -0.2) is 26.8 Å². The second-order valence-corrected chi connectivity index (χ2v) is 5.82. The fraction of sp³-hybridized carbons (Fsp3) is 0.214. The molecule has 0 aliphatic carbocycles. The van der Waals surface area contributed by atoms with Crippen LogP contribution in [0.1, 0.15) is 15.8 Å². The molecule has 102 valence electrons. The Hall–Kier alpha value is -2.05. The molecular weight excluding hydrogens is 270 g/mol. The van der Waals surface area contributed by atoms with Crippen LogP contribution >= 0.6 is 11.3 Å². The van der Waals surface area contributed by atoms with Gasteiger partial charge in [0.05, 0.1) is 0 Å². The Morgan fingerprint density at radius 2 is 2.00 bits per heavy atom. The summed E-state index contributed by atoms with van der Waals surface area (Å²) in [5.41, 5.74) is 6.83. The number of hydrogen-bond donors (Lipinski definition) is 1. The summed E-state index contributed by atoms with van der Waals surface area (Å²) in [4.78, 5) is 4.01. The molecule has 3 aromatic rings. The van der Waals surface area contributed by atoms with Crippen LogP contribution in [0, 0.1) is 6.92 Å². The van der Waals surface area contributed by atoms with Crippen LogP contribution in [0.5, 0.6) is 0 Å². The number of benzene rings is 1. The minimum absolute atomic E-state index is 0.0568. The van der Waals surface area contributed by atoms with E-state index in [0.717, 1.165) is 10.4 Å². The van der Waals surface area contributed by atoms with Crippen molar-refractivity contribution in [3.05, 3.63) is 52.2 Å². The van der Waals surface area contributed by atoms with Crippen molar-refractivity contribution >= 4 is 11.3 Å². The van der Waals surface area contributed by atoms with E-state index in [1.807, 2.05) is 30.3 Å². The molecule has 3 rings (SSSR count). The summed E-state index contributed by atoms with van der Waals surface area (Å²) >= 11 is 1.71. The normalized spacial score (nSPS) is 12.5. The molecule has 2 heterocycles. The standard InChI is InChI=1S/C14H15N5S/c1-10-7-8-13(20-10)12(9-15)19-17-14(16-18-19)11-5-3-2-4-6-11/h2-8,12H,9,15H2,1H3. The maximum Gasteiger partial charge on any atom is 0.204 e. The van der Waals surface area contributed by atoms with E-state index in [1.165, 1.54) is 4.88 Å². The van der Waals surface area contributed by atoms with Crippen molar-refractivity contribution < 1.29 is 0 Å². The zero-order valence-corrected chi connectivity index (χ0v) is 11.9. The first-order valence-electron chi connectivity index (χ1n) is 6.39. The van der Waals surface area contributed by atoms with Crippen molar-refractivity contribution in [3.63, 3.8) is 0 Å². The van der Waals surface area contributed by atoms with Crippen molar-refractivity contribution in [2.24, 2.45) is 5.73 Å². The largest absolute Gasteiger partial charge is 0.328 e. The van der Waals surface area contributed by atoms with E-state index < -0.39 is 0 Å². The van der Waals surface area contributed by atoms with Crippen molar-refractivity contribution in [2.45, 2.75) is 13.0 Å². The SMILES string of the molecule is Cc1ccc(C(CN)n2nnc(-c3ccccc3)n2)s1. The van der Waals surface area contributed by atoms with Gasteiger partial charge in [-0.05, 0) is 24.3 Å². The fourth-order valence-corrected chi connectivity index (χ4v) is 2.99. The second-order valence-electron chi connectivity index (χ2n) is 4.50. The first kappa shape index (κ1) is 13.0. The summed E-state index contributed by atoms with van der Waals surface area (Å²) in [6.07, 6.45) is 0. The van der Waals surface area contributed by atoms with Crippen molar-refractivity contribution in [1.29, 1.82) is 0 Å². The highest BCUT2D eigenvalue weighted by Crippen LogP contribution is 2.24. The Morgan fingerprint density at radius 1 is 1.20 bits per heavy atom. The Morgan fingerprint density at radius 3 is 2.65 bits per heavy atom. The van der Waals surface area contributed by atoms with Crippen LogP contribution in [0.3, 0.4) is 0 Å². The number of tetrazole rings is 1. The van der Waals surface area contributed by atoms with Gasteiger partial charge in [-0.2, -0.15) is 4.80 Å². The molecule has 20 heavy (non-hydrogen) atoms. The maximum absolute atomic E-state index is 5.87. The third-order valence-corrected chi connectivity index (χ3v) is 4.15. The van der Waals surface area contributed by atoms with Gasteiger partial charge < -0.3 is 5.73 Å². The van der Waals surface area contributed by atoms with Gasteiger partial charge in [0, 0.05) is 21.9 Å². The van der Waals surface area contributed by atoms with E-state index in [2.05, 4.69) is 34.5 Å². The molecule has 2 aromatic heterocycles. The monoisotopic (exact) mass is 285 g/mol. The van der Waals surface area contributed by atoms with Crippen LogP contribution in [0.4, 0.5) is 0 Å². The minimum Gasteiger partial charge on any atom is -0.328 e. The van der Waals surface area contributed by atoms with Gasteiger partial charge in [0.1, 0.15) is 6.04 Å². The van der Waals surface area contributed by atoms with Crippen LogP contribution in [0.2, 0.25) is 0 Å². The molecule has 0 amide bonds. The minimum atomic E-state index is -0.0568. The molecule has 0 fully saturated rings. The second kappa shape index (κ2) is 5.52. The van der Waals surface area contributed by atoms with E-state index in [-0.39, 0.29) is 6.04 Å². The third-order valence-electron chi connectivity index (χ3n) is 3.05. The Kier molecular flexibility index (Phi) is 3.58. The summed E-state index contributed by atoms with van der Waals surface area (Å²) < 4.78 is 0. The molecule has 1 atom stereocenters. The van der Waals surface area contributed by atoms with E-state index in [0.29, 0.717) is 12.4 Å². The predicted molar refractivity (Wildman–Crippen MR) is 79.5 cm³/mol. The van der Waals surface area contributed by atoms with Gasteiger partial charge in [-0.15, -0.1) is 21.5 Å². The summed E-state index contributed by atoms with van der Waals surface area (Å²) in [6, 6.07) is 13.9. The number of rotatable bonds is 4. The molecule has 0 spiro atoms. The third kappa shape index (κ3) is 2.48. The average Bonchev–Trinajstić information content (AvgIpc) is 3.11. The Bertz CT molecular complexity index is 688. The molecule has 0 aliphatic rings. The predicted octanol–water partition coefficient (Wildman–Crippen LogP) is 2.26. The summed E-state index contributed by atoms with van der Waals surface area (Å²) in [5, 5.41) is 12.7. The van der Waals surface area contributed by atoms with Crippen LogP contribution in [0.15, 0.2) is 42.5 Å². The average molecular weight is 285 g/mol. The zero-order chi connectivity index (χ0) is 13.9. The fourth-order valence-electron chi connectivity index (χ4n) is 2.02. The molecule has 6 heteroatoms. The van der Waals surface area contributed by atoms with Gasteiger partial charge in [0.15, 0.2) is 0 Å². The van der Waals surface area contributed by atoms with E-state index in [4.69, 9.17) is 5.73 Å². The lowest BCUT2D eigenvalue weighted by Gasteiger charge is -2.10. The first-order chi connectivity index (χ1) is 9.78. The lowest BCUT2D eigenvalue weighted by atomic mass is 10.2. The summed E-state index contributed by atoms with van der Waals surface area (Å²) in [5.74, 6) is 0.623. The molecule has 0 aliphatic heterocycles. The first-order valence-corrected chi connectivity index (χ1v) is 7.21. The summed E-state index contributed by atoms with van der Waals surface area (Å²) in [7, 11) is 0. The maximum atomic E-state index is 5.87. The number of hydrogen-bond acceptors (Lipinski definition) is 5. The van der Waals surface area contributed by atoms with Crippen molar-refractivity contribution in [2.75, 3.05) is 6.54 Å². The highest BCUT2D eigenvalue weighted by Gasteiger charge is 2.17. The molecule has 0 radical (unpaired) electrons. The van der Waals surface area contributed by atoms with Gasteiger partial charge in [0.2, 0.25) is 5.82 Å². The molecule has 0 saturated heterocycles. The lowest BCUT2D eigenvalue weighted by molar-refractivity contribution is 0.464. The topological polar surface area (TPSA) is 69.6 Å². The zero-order valence-electron chi connectivity index (χ0n) is 11.1. The van der Waals surface area contributed by atoms with E-state index in [9.17, 15) is 0 Å². The smallest absolute Gasteiger partial charge is 0.204 e. The van der Waals surface area contributed by atoms with Crippen molar-refractivity contribution in [3.8, 4) is 11.4 Å². The number of thiophene rings is 1. The van der Waals surface area contributed by atoms with Crippen LogP contribution in [-0.2, 0) is 0 Å². The van der Waals surface area contributed by atoms with E-state index >= 15 is 0 Å². The highest BCUT2D eigenvalue weighted by atomic mass is 32.1. The Labute approximate surface area is 121 Å². The summed E-state index contributed by atoms with van der Waals surface area (Å²) in [6.45, 7) is 2.52. The highest BCUT2D eigenvalue weighted by molar-refractivity contribution is 7.12. The number of aryl methyl sites for hydroxylation is 1. The van der Waals surface area contributed by atoms with Gasteiger partial charge in [-0.25, -0.2) is 0 Å². The molecule has 0 bridgehead atoms. The van der Waals surface area contributed by atoms with Gasteiger partial charge >= 0.3 is 0 Å². The molecule has 0 saturated carbocycles. The van der Waals surface area contributed by atoms with Crippen LogP contribution < -0.4 is 5.73 Å². The molecule has 1 aromatic carbocycles. The molecular formula is C14H15N5S. The Balaban J connectivity index is 1.92. The number of aromatic nitrogens is 4. The van der Waals surface area contributed by atoms with Gasteiger partial charge in [-0.1, -0.05) is 30.3 Å².